The Balaban J connectivity index is 1.74. The van der Waals surface area contributed by atoms with Crippen LogP contribution in [0.4, 0.5) is 5.69 Å². The number of benzene rings is 2. The molecule has 0 atom stereocenters. The van der Waals surface area contributed by atoms with E-state index in [1.807, 2.05) is 36.4 Å². The molecule has 0 radical (unpaired) electrons. The molecule has 1 N–H and O–H groups in total. The van der Waals surface area contributed by atoms with Crippen LogP contribution in [0.2, 0.25) is 0 Å². The van der Waals surface area contributed by atoms with Crippen molar-refractivity contribution in [2.75, 3.05) is 19.5 Å². The highest BCUT2D eigenvalue weighted by atomic mass is 16.5. The molecule has 0 spiro atoms. The van der Waals surface area contributed by atoms with Crippen molar-refractivity contribution >= 4 is 28.6 Å². The van der Waals surface area contributed by atoms with Gasteiger partial charge < -0.3 is 14.8 Å². The Hall–Kier alpha value is -3.34. The third-order valence-electron chi connectivity index (χ3n) is 3.69. The lowest BCUT2D eigenvalue weighted by atomic mass is 10.2. The SMILES string of the molecule is COc1ccc(NC(=O)C=Cc2ccc3ccccc3n2)c(OC)c1. The van der Waals surface area contributed by atoms with Gasteiger partial charge in [-0.05, 0) is 30.3 Å². The monoisotopic (exact) mass is 334 g/mol. The van der Waals surface area contributed by atoms with E-state index in [4.69, 9.17) is 9.47 Å². The third-order valence-corrected chi connectivity index (χ3v) is 3.69. The average molecular weight is 334 g/mol. The van der Waals surface area contributed by atoms with Crippen molar-refractivity contribution in [1.29, 1.82) is 0 Å². The number of carbonyl (C=O) groups excluding carboxylic acids is 1. The van der Waals surface area contributed by atoms with Crippen molar-refractivity contribution in [2.45, 2.75) is 0 Å². The van der Waals surface area contributed by atoms with E-state index >= 15 is 0 Å². The normalized spacial score (nSPS) is 10.8. The summed E-state index contributed by atoms with van der Waals surface area (Å²) in [4.78, 5) is 16.7. The van der Waals surface area contributed by atoms with Crippen LogP contribution in [0.5, 0.6) is 11.5 Å². The number of fused-ring (bicyclic) bond motifs is 1. The summed E-state index contributed by atoms with van der Waals surface area (Å²) in [6.45, 7) is 0. The van der Waals surface area contributed by atoms with Gasteiger partial charge in [-0.15, -0.1) is 0 Å². The van der Waals surface area contributed by atoms with Gasteiger partial charge in [0.15, 0.2) is 0 Å². The number of para-hydroxylation sites is 1. The zero-order chi connectivity index (χ0) is 17.6. The van der Waals surface area contributed by atoms with E-state index < -0.39 is 0 Å². The number of amides is 1. The van der Waals surface area contributed by atoms with Crippen molar-refractivity contribution in [3.63, 3.8) is 0 Å². The summed E-state index contributed by atoms with van der Waals surface area (Å²) in [5, 5.41) is 3.85. The Morgan fingerprint density at radius 2 is 1.88 bits per heavy atom. The Morgan fingerprint density at radius 1 is 1.04 bits per heavy atom. The summed E-state index contributed by atoms with van der Waals surface area (Å²) in [6, 6.07) is 16.9. The minimum absolute atomic E-state index is 0.265. The van der Waals surface area contributed by atoms with E-state index in [1.54, 1.807) is 38.5 Å². The van der Waals surface area contributed by atoms with Crippen LogP contribution in [-0.4, -0.2) is 25.1 Å². The Morgan fingerprint density at radius 3 is 2.68 bits per heavy atom. The minimum Gasteiger partial charge on any atom is -0.497 e. The van der Waals surface area contributed by atoms with Crippen molar-refractivity contribution in [1.82, 2.24) is 4.98 Å². The van der Waals surface area contributed by atoms with Gasteiger partial charge in [0.25, 0.3) is 0 Å². The fourth-order valence-electron chi connectivity index (χ4n) is 2.41. The molecule has 1 heterocycles. The number of anilines is 1. The number of rotatable bonds is 5. The first-order valence-electron chi connectivity index (χ1n) is 7.76. The van der Waals surface area contributed by atoms with Crippen LogP contribution in [0.25, 0.3) is 17.0 Å². The molecule has 0 aliphatic carbocycles. The van der Waals surface area contributed by atoms with Crippen LogP contribution in [0.1, 0.15) is 5.69 Å². The molecule has 5 nitrogen and oxygen atoms in total. The highest BCUT2D eigenvalue weighted by molar-refractivity contribution is 6.02. The van der Waals surface area contributed by atoms with E-state index in [9.17, 15) is 4.79 Å². The van der Waals surface area contributed by atoms with Crippen molar-refractivity contribution < 1.29 is 14.3 Å². The topological polar surface area (TPSA) is 60.5 Å². The lowest BCUT2D eigenvalue weighted by Gasteiger charge is -2.10. The molecular formula is C20H18N2O3. The number of hydrogen-bond donors (Lipinski definition) is 1. The molecule has 0 saturated heterocycles. The molecule has 25 heavy (non-hydrogen) atoms. The molecule has 0 bridgehead atoms. The second-order valence-electron chi connectivity index (χ2n) is 5.32. The maximum absolute atomic E-state index is 12.2. The fraction of sp³-hybridized carbons (Fsp3) is 0.100. The second kappa shape index (κ2) is 7.49. The van der Waals surface area contributed by atoms with Gasteiger partial charge in [-0.1, -0.05) is 24.3 Å². The van der Waals surface area contributed by atoms with Crippen LogP contribution in [-0.2, 0) is 4.79 Å². The first-order chi connectivity index (χ1) is 12.2. The summed E-state index contributed by atoms with van der Waals surface area (Å²) in [7, 11) is 3.12. The number of nitrogens with zero attached hydrogens (tertiary/aromatic N) is 1. The molecule has 5 heteroatoms. The summed E-state index contributed by atoms with van der Waals surface area (Å²) >= 11 is 0. The van der Waals surface area contributed by atoms with Crippen LogP contribution in [0.3, 0.4) is 0 Å². The Labute approximate surface area is 145 Å². The van der Waals surface area contributed by atoms with Crippen molar-refractivity contribution in [3.8, 4) is 11.5 Å². The molecule has 1 amide bonds. The quantitative estimate of drug-likeness (QED) is 0.719. The molecule has 0 fully saturated rings. The maximum Gasteiger partial charge on any atom is 0.248 e. The smallest absolute Gasteiger partial charge is 0.248 e. The predicted octanol–water partition coefficient (Wildman–Crippen LogP) is 3.90. The van der Waals surface area contributed by atoms with E-state index in [1.165, 1.54) is 6.08 Å². The highest BCUT2D eigenvalue weighted by Gasteiger charge is 2.07. The van der Waals surface area contributed by atoms with Gasteiger partial charge in [0, 0.05) is 17.5 Å². The lowest BCUT2D eigenvalue weighted by Crippen LogP contribution is -2.09. The third kappa shape index (κ3) is 3.95. The first-order valence-corrected chi connectivity index (χ1v) is 7.76. The molecule has 126 valence electrons. The molecule has 0 aliphatic heterocycles. The van der Waals surface area contributed by atoms with Crippen LogP contribution < -0.4 is 14.8 Å². The van der Waals surface area contributed by atoms with E-state index in [0.29, 0.717) is 17.2 Å². The summed E-state index contributed by atoms with van der Waals surface area (Å²) in [5.41, 5.74) is 2.18. The second-order valence-corrected chi connectivity index (χ2v) is 5.32. The van der Waals surface area contributed by atoms with E-state index in [0.717, 1.165) is 16.6 Å². The molecule has 0 aliphatic rings. The molecule has 0 saturated carbocycles. The first kappa shape index (κ1) is 16.5. The van der Waals surface area contributed by atoms with Crippen molar-refractivity contribution in [3.05, 3.63) is 66.4 Å². The van der Waals surface area contributed by atoms with Gasteiger partial charge >= 0.3 is 0 Å². The summed E-state index contributed by atoms with van der Waals surface area (Å²) in [6.07, 6.45) is 3.12. The highest BCUT2D eigenvalue weighted by Crippen LogP contribution is 2.29. The standard InChI is InChI=1S/C20H18N2O3/c1-24-16-10-11-18(19(13-16)25-2)22-20(23)12-9-15-8-7-14-5-3-4-6-17(14)21-15/h3-13H,1-2H3,(H,22,23). The van der Waals surface area contributed by atoms with Gasteiger partial charge in [-0.2, -0.15) is 0 Å². The van der Waals surface area contributed by atoms with Gasteiger partial charge in [-0.25, -0.2) is 4.98 Å². The molecular weight excluding hydrogens is 316 g/mol. The van der Waals surface area contributed by atoms with Gasteiger partial charge in [-0.3, -0.25) is 4.79 Å². The fourth-order valence-corrected chi connectivity index (χ4v) is 2.41. The van der Waals surface area contributed by atoms with Gasteiger partial charge in [0.2, 0.25) is 5.91 Å². The van der Waals surface area contributed by atoms with E-state index in [2.05, 4.69) is 10.3 Å². The zero-order valence-corrected chi connectivity index (χ0v) is 14.0. The van der Waals surface area contributed by atoms with Crippen molar-refractivity contribution in [2.24, 2.45) is 0 Å². The number of ether oxygens (including phenoxy) is 2. The molecule has 1 aromatic heterocycles. The lowest BCUT2D eigenvalue weighted by molar-refractivity contribution is -0.111. The summed E-state index contributed by atoms with van der Waals surface area (Å²) in [5.74, 6) is 0.925. The molecule has 0 unspecified atom stereocenters. The largest absolute Gasteiger partial charge is 0.497 e. The average Bonchev–Trinajstić information content (AvgIpc) is 2.66. The Kier molecular flexibility index (Phi) is 4.95. The number of aromatic nitrogens is 1. The zero-order valence-electron chi connectivity index (χ0n) is 14.0. The molecule has 2 aromatic carbocycles. The number of hydrogen-bond acceptors (Lipinski definition) is 4. The van der Waals surface area contributed by atoms with Crippen LogP contribution in [0.15, 0.2) is 60.7 Å². The number of nitrogens with one attached hydrogen (secondary N) is 1. The molecule has 3 rings (SSSR count). The van der Waals surface area contributed by atoms with Gasteiger partial charge in [0.05, 0.1) is 31.1 Å². The molecule has 3 aromatic rings. The van der Waals surface area contributed by atoms with E-state index in [-0.39, 0.29) is 5.91 Å². The van der Waals surface area contributed by atoms with Crippen LogP contribution in [0, 0.1) is 0 Å². The van der Waals surface area contributed by atoms with Crippen LogP contribution >= 0.6 is 0 Å². The predicted molar refractivity (Wildman–Crippen MR) is 99.0 cm³/mol. The number of carbonyl (C=O) groups is 1. The van der Waals surface area contributed by atoms with Gasteiger partial charge in [0.1, 0.15) is 11.5 Å². The maximum atomic E-state index is 12.2. The number of pyridine rings is 1. The minimum atomic E-state index is -0.265. The Bertz CT molecular complexity index is 935. The number of methoxy groups -OCH3 is 2. The summed E-state index contributed by atoms with van der Waals surface area (Å²) < 4.78 is 10.4.